The fourth-order valence-corrected chi connectivity index (χ4v) is 2.73. The fourth-order valence-electron chi connectivity index (χ4n) is 2.73. The number of aromatic nitrogens is 1. The molecule has 0 bridgehead atoms. The highest BCUT2D eigenvalue weighted by molar-refractivity contribution is 5.48. The van der Waals surface area contributed by atoms with Crippen molar-refractivity contribution in [1.82, 2.24) is 4.98 Å². The summed E-state index contributed by atoms with van der Waals surface area (Å²) in [6.07, 6.45) is 5.12. The normalized spacial score (nSPS) is 17.8. The van der Waals surface area contributed by atoms with Gasteiger partial charge in [-0.15, -0.1) is 0 Å². The number of anilines is 1. The van der Waals surface area contributed by atoms with Crippen LogP contribution in [0, 0.1) is 25.2 Å². The van der Waals surface area contributed by atoms with Crippen LogP contribution in [0.2, 0.25) is 0 Å². The number of rotatable bonds is 3. The summed E-state index contributed by atoms with van der Waals surface area (Å²) in [5, 5.41) is 22.7. The lowest BCUT2D eigenvalue weighted by Gasteiger charge is -2.32. The van der Waals surface area contributed by atoms with Crippen LogP contribution in [0.5, 0.6) is 0 Å². The molecule has 0 atom stereocenters. The minimum absolute atomic E-state index is 0.533. The summed E-state index contributed by atoms with van der Waals surface area (Å²) in [6.45, 7) is 4.28. The van der Waals surface area contributed by atoms with E-state index in [1.807, 2.05) is 19.9 Å². The van der Waals surface area contributed by atoms with Gasteiger partial charge in [0.15, 0.2) is 0 Å². The molecular weight excluding hydrogens is 238 g/mol. The summed E-state index contributed by atoms with van der Waals surface area (Å²) in [4.78, 5) is 4.38. The highest BCUT2D eigenvalue weighted by Crippen LogP contribution is 2.28. The first-order valence-electron chi connectivity index (χ1n) is 6.89. The first kappa shape index (κ1) is 13.8. The third-order valence-electron chi connectivity index (χ3n) is 3.89. The van der Waals surface area contributed by atoms with Crippen LogP contribution in [-0.4, -0.2) is 22.2 Å². The van der Waals surface area contributed by atoms with E-state index < -0.39 is 5.60 Å². The van der Waals surface area contributed by atoms with E-state index in [1.165, 1.54) is 6.42 Å². The Balaban J connectivity index is 2.06. The largest absolute Gasteiger partial charge is 0.388 e. The minimum atomic E-state index is -0.602. The number of hydrogen-bond donors (Lipinski definition) is 2. The van der Waals surface area contributed by atoms with Crippen LogP contribution < -0.4 is 5.32 Å². The van der Waals surface area contributed by atoms with Crippen molar-refractivity contribution in [2.75, 3.05) is 11.9 Å². The lowest BCUT2D eigenvalue weighted by molar-refractivity contribution is 0.0166. The molecule has 2 N–H and O–H groups in total. The van der Waals surface area contributed by atoms with Gasteiger partial charge in [-0.3, -0.25) is 0 Å². The predicted octanol–water partition coefficient (Wildman–Crippen LogP) is 2.68. The molecule has 102 valence electrons. The summed E-state index contributed by atoms with van der Waals surface area (Å²) in [7, 11) is 0. The van der Waals surface area contributed by atoms with Crippen LogP contribution in [0.1, 0.15) is 48.9 Å². The molecule has 0 saturated heterocycles. The van der Waals surface area contributed by atoms with E-state index in [9.17, 15) is 5.11 Å². The Morgan fingerprint density at radius 2 is 2.05 bits per heavy atom. The number of aliphatic hydroxyl groups is 1. The topological polar surface area (TPSA) is 68.9 Å². The van der Waals surface area contributed by atoms with Crippen LogP contribution in [0.3, 0.4) is 0 Å². The number of nitrogens with one attached hydrogen (secondary N) is 1. The molecule has 1 aromatic rings. The van der Waals surface area contributed by atoms with Crippen molar-refractivity contribution in [2.24, 2.45) is 0 Å². The first-order valence-corrected chi connectivity index (χ1v) is 6.89. The maximum atomic E-state index is 10.4. The molecule has 1 fully saturated rings. The molecule has 0 aromatic carbocycles. The van der Waals surface area contributed by atoms with Crippen molar-refractivity contribution in [2.45, 2.75) is 51.6 Å². The van der Waals surface area contributed by atoms with Gasteiger partial charge in [-0.25, -0.2) is 4.98 Å². The molecule has 19 heavy (non-hydrogen) atoms. The highest BCUT2D eigenvalue weighted by Gasteiger charge is 2.28. The van der Waals surface area contributed by atoms with E-state index >= 15 is 0 Å². The van der Waals surface area contributed by atoms with E-state index in [0.717, 1.165) is 42.8 Å². The van der Waals surface area contributed by atoms with E-state index in [1.54, 1.807) is 0 Å². The zero-order valence-electron chi connectivity index (χ0n) is 11.7. The Morgan fingerprint density at radius 3 is 2.63 bits per heavy atom. The van der Waals surface area contributed by atoms with Gasteiger partial charge >= 0.3 is 0 Å². The summed E-state index contributed by atoms with van der Waals surface area (Å²) >= 11 is 0. The molecule has 0 spiro atoms. The molecule has 4 heteroatoms. The van der Waals surface area contributed by atoms with E-state index in [0.29, 0.717) is 12.1 Å². The van der Waals surface area contributed by atoms with Crippen molar-refractivity contribution in [3.05, 3.63) is 22.9 Å². The average molecular weight is 259 g/mol. The van der Waals surface area contributed by atoms with Gasteiger partial charge in [0.1, 0.15) is 11.9 Å². The van der Waals surface area contributed by atoms with E-state index in [-0.39, 0.29) is 0 Å². The molecule has 1 saturated carbocycles. The molecule has 1 aliphatic carbocycles. The summed E-state index contributed by atoms with van der Waals surface area (Å²) < 4.78 is 0. The van der Waals surface area contributed by atoms with Crippen LogP contribution in [0.4, 0.5) is 5.82 Å². The maximum Gasteiger partial charge on any atom is 0.126 e. The smallest absolute Gasteiger partial charge is 0.126 e. The third-order valence-corrected chi connectivity index (χ3v) is 3.89. The third kappa shape index (κ3) is 3.24. The lowest BCUT2D eigenvalue weighted by Crippen LogP contribution is -2.39. The van der Waals surface area contributed by atoms with E-state index in [2.05, 4.69) is 16.4 Å². The van der Waals surface area contributed by atoms with Gasteiger partial charge in [0.25, 0.3) is 0 Å². The molecule has 0 aliphatic heterocycles. The van der Waals surface area contributed by atoms with Crippen molar-refractivity contribution in [1.29, 1.82) is 5.26 Å². The zero-order valence-corrected chi connectivity index (χ0v) is 11.7. The van der Waals surface area contributed by atoms with Gasteiger partial charge in [0.05, 0.1) is 16.9 Å². The monoisotopic (exact) mass is 259 g/mol. The first-order chi connectivity index (χ1) is 9.04. The minimum Gasteiger partial charge on any atom is -0.388 e. The van der Waals surface area contributed by atoms with Crippen LogP contribution >= 0.6 is 0 Å². The Hall–Kier alpha value is -1.60. The molecule has 1 heterocycles. The quantitative estimate of drug-likeness (QED) is 0.875. The van der Waals surface area contributed by atoms with E-state index in [4.69, 9.17) is 5.26 Å². The second-order valence-electron chi connectivity index (χ2n) is 5.54. The predicted molar refractivity (Wildman–Crippen MR) is 75.0 cm³/mol. The van der Waals surface area contributed by atoms with Gasteiger partial charge < -0.3 is 10.4 Å². The van der Waals surface area contributed by atoms with Gasteiger partial charge in [-0.05, 0) is 38.3 Å². The number of pyridine rings is 1. The Morgan fingerprint density at radius 1 is 1.37 bits per heavy atom. The van der Waals surface area contributed by atoms with Gasteiger partial charge in [-0.1, -0.05) is 19.3 Å². The lowest BCUT2D eigenvalue weighted by atomic mass is 9.85. The van der Waals surface area contributed by atoms with Crippen LogP contribution in [0.15, 0.2) is 6.07 Å². The molecule has 0 unspecified atom stereocenters. The van der Waals surface area contributed by atoms with Gasteiger partial charge in [0.2, 0.25) is 0 Å². The van der Waals surface area contributed by atoms with Crippen molar-refractivity contribution < 1.29 is 5.11 Å². The zero-order chi connectivity index (χ0) is 13.9. The summed E-state index contributed by atoms with van der Waals surface area (Å²) in [5.74, 6) is 0.744. The average Bonchev–Trinajstić information content (AvgIpc) is 2.37. The summed E-state index contributed by atoms with van der Waals surface area (Å²) in [6, 6.07) is 4.04. The number of nitrogens with zero attached hydrogens (tertiary/aromatic N) is 2. The number of hydrogen-bond acceptors (Lipinski definition) is 4. The SMILES string of the molecule is Cc1cc(NCC2(O)CCCCC2)nc(C)c1C#N. The van der Waals surface area contributed by atoms with Crippen molar-refractivity contribution in [3.8, 4) is 6.07 Å². The van der Waals surface area contributed by atoms with Crippen molar-refractivity contribution in [3.63, 3.8) is 0 Å². The molecule has 0 amide bonds. The fraction of sp³-hybridized carbons (Fsp3) is 0.600. The standard InChI is InChI=1S/C15H21N3O/c1-11-8-14(18-12(2)13(11)9-16)17-10-15(19)6-4-3-5-7-15/h8,19H,3-7,10H2,1-2H3,(H,17,18). The van der Waals surface area contributed by atoms with Crippen LogP contribution in [-0.2, 0) is 0 Å². The van der Waals surface area contributed by atoms with Crippen molar-refractivity contribution >= 4 is 5.82 Å². The Kier molecular flexibility index (Phi) is 4.06. The maximum absolute atomic E-state index is 10.4. The molecule has 1 aliphatic rings. The van der Waals surface area contributed by atoms with Gasteiger partial charge in [-0.2, -0.15) is 5.26 Å². The molecule has 4 nitrogen and oxygen atoms in total. The molecular formula is C15H21N3O. The molecule has 1 aromatic heterocycles. The Bertz CT molecular complexity index is 476. The number of aryl methyl sites for hydroxylation is 2. The number of nitriles is 1. The van der Waals surface area contributed by atoms with Gasteiger partial charge in [0, 0.05) is 6.54 Å². The van der Waals surface area contributed by atoms with Crippen LogP contribution in [0.25, 0.3) is 0 Å². The summed E-state index contributed by atoms with van der Waals surface area (Å²) in [5.41, 5.74) is 1.70. The molecule has 2 rings (SSSR count). The second kappa shape index (κ2) is 5.58. The molecule has 0 radical (unpaired) electrons. The Labute approximate surface area is 114 Å². The highest BCUT2D eigenvalue weighted by atomic mass is 16.3. The second-order valence-corrected chi connectivity index (χ2v) is 5.54.